The molecular weight excluding hydrogens is 547 g/mol. The standard InChI is InChI=1S/C22H20F7N5O3S/c1-11-6-13(34-38(2,3)36)8-15-18(11)19(31-10-30-15)32-14-5-4-12(23)7-16(14)37-9-17(35)33-20(21(24,25)26)22(27,28)29/h4-8,10,20H,9H2,1-3H3,(H,33,35)(H,30,31,32). The van der Waals surface area contributed by atoms with Gasteiger partial charge in [-0.05, 0) is 36.8 Å². The molecule has 1 amide bonds. The topological polar surface area (TPSA) is 106 Å². The van der Waals surface area contributed by atoms with Crippen LogP contribution in [0.15, 0.2) is 41.0 Å². The summed E-state index contributed by atoms with van der Waals surface area (Å²) in [6, 6.07) is 2.06. The average Bonchev–Trinajstić information content (AvgIpc) is 2.74. The highest BCUT2D eigenvalue weighted by molar-refractivity contribution is 7.92. The molecule has 206 valence electrons. The van der Waals surface area contributed by atoms with Crippen LogP contribution in [0.1, 0.15) is 5.56 Å². The monoisotopic (exact) mass is 567 g/mol. The zero-order valence-electron chi connectivity index (χ0n) is 19.9. The Morgan fingerprint density at radius 1 is 1.08 bits per heavy atom. The van der Waals surface area contributed by atoms with Gasteiger partial charge in [-0.15, -0.1) is 0 Å². The lowest BCUT2D eigenvalue weighted by molar-refractivity contribution is -0.257. The number of benzene rings is 2. The first-order chi connectivity index (χ1) is 17.4. The Labute approximate surface area is 211 Å². The van der Waals surface area contributed by atoms with Crippen LogP contribution < -0.4 is 15.4 Å². The lowest BCUT2D eigenvalue weighted by Gasteiger charge is -2.24. The minimum Gasteiger partial charge on any atom is -0.481 e. The summed E-state index contributed by atoms with van der Waals surface area (Å²) in [7, 11) is -2.46. The molecule has 3 rings (SSSR count). The Kier molecular flexibility index (Phi) is 8.04. The molecule has 0 saturated carbocycles. The third-order valence-electron chi connectivity index (χ3n) is 4.76. The number of ether oxygens (including phenoxy) is 1. The number of halogens is 7. The van der Waals surface area contributed by atoms with Gasteiger partial charge >= 0.3 is 12.4 Å². The van der Waals surface area contributed by atoms with Crippen molar-refractivity contribution < 1.29 is 44.5 Å². The van der Waals surface area contributed by atoms with E-state index in [0.29, 0.717) is 22.2 Å². The van der Waals surface area contributed by atoms with Gasteiger partial charge in [0.1, 0.15) is 23.7 Å². The molecule has 0 aliphatic heterocycles. The molecule has 2 aromatic carbocycles. The molecule has 0 fully saturated rings. The Morgan fingerprint density at radius 2 is 1.74 bits per heavy atom. The highest BCUT2D eigenvalue weighted by atomic mass is 32.2. The molecule has 1 heterocycles. The third-order valence-corrected chi connectivity index (χ3v) is 5.41. The highest BCUT2D eigenvalue weighted by Gasteiger charge is 2.57. The number of anilines is 2. The van der Waals surface area contributed by atoms with E-state index in [1.54, 1.807) is 19.1 Å². The van der Waals surface area contributed by atoms with Crippen molar-refractivity contribution in [1.29, 1.82) is 0 Å². The van der Waals surface area contributed by atoms with Crippen molar-refractivity contribution in [3.8, 4) is 5.75 Å². The number of carbonyl (C=O) groups excluding carboxylic acids is 1. The minimum absolute atomic E-state index is 0.000641. The van der Waals surface area contributed by atoms with Gasteiger partial charge in [0, 0.05) is 33.7 Å². The summed E-state index contributed by atoms with van der Waals surface area (Å²) in [5.41, 5.74) is 1.42. The molecule has 0 atom stereocenters. The number of carbonyl (C=O) groups is 1. The van der Waals surface area contributed by atoms with Crippen molar-refractivity contribution in [3.63, 3.8) is 0 Å². The molecule has 0 saturated heterocycles. The lowest BCUT2D eigenvalue weighted by Crippen LogP contribution is -2.55. The first-order valence-corrected chi connectivity index (χ1v) is 12.8. The van der Waals surface area contributed by atoms with Crippen molar-refractivity contribution >= 4 is 43.7 Å². The number of rotatable bonds is 7. The largest absolute Gasteiger partial charge is 0.481 e. The van der Waals surface area contributed by atoms with Crippen molar-refractivity contribution in [3.05, 3.63) is 48.0 Å². The summed E-state index contributed by atoms with van der Waals surface area (Å²) in [6.07, 6.45) is -7.47. The maximum atomic E-state index is 13.9. The smallest absolute Gasteiger partial charge is 0.417 e. The molecule has 0 aliphatic carbocycles. The summed E-state index contributed by atoms with van der Waals surface area (Å²) >= 11 is 0. The van der Waals surface area contributed by atoms with E-state index in [0.717, 1.165) is 17.4 Å². The molecule has 38 heavy (non-hydrogen) atoms. The molecule has 0 aliphatic rings. The van der Waals surface area contributed by atoms with Gasteiger partial charge in [-0.25, -0.2) is 18.6 Å². The van der Waals surface area contributed by atoms with Crippen molar-refractivity contribution in [1.82, 2.24) is 15.3 Å². The summed E-state index contributed by atoms with van der Waals surface area (Å²) in [5.74, 6) is -2.79. The Balaban J connectivity index is 1.88. The van der Waals surface area contributed by atoms with E-state index in [1.165, 1.54) is 24.9 Å². The van der Waals surface area contributed by atoms with Crippen LogP contribution in [-0.4, -0.2) is 57.6 Å². The van der Waals surface area contributed by atoms with Crippen LogP contribution in [0.3, 0.4) is 0 Å². The second kappa shape index (κ2) is 10.6. The third kappa shape index (κ3) is 7.43. The van der Waals surface area contributed by atoms with Crippen LogP contribution in [0.25, 0.3) is 10.9 Å². The molecular formula is C22H20F7N5O3S. The van der Waals surface area contributed by atoms with E-state index in [4.69, 9.17) is 4.74 Å². The van der Waals surface area contributed by atoms with Gasteiger partial charge in [0.05, 0.1) is 16.9 Å². The second-order valence-corrected chi connectivity index (χ2v) is 10.8. The summed E-state index contributed by atoms with van der Waals surface area (Å²) < 4.78 is 111. The van der Waals surface area contributed by atoms with Crippen LogP contribution in [-0.2, 0) is 14.5 Å². The van der Waals surface area contributed by atoms with Gasteiger partial charge in [-0.3, -0.25) is 4.79 Å². The van der Waals surface area contributed by atoms with Crippen LogP contribution in [0.4, 0.5) is 47.9 Å². The predicted octanol–water partition coefficient (Wildman–Crippen LogP) is 5.17. The first kappa shape index (κ1) is 28.9. The van der Waals surface area contributed by atoms with Gasteiger partial charge in [-0.1, -0.05) is 0 Å². The number of aryl methyl sites for hydroxylation is 1. The maximum absolute atomic E-state index is 13.9. The van der Waals surface area contributed by atoms with Gasteiger partial charge in [0.25, 0.3) is 5.91 Å². The van der Waals surface area contributed by atoms with Crippen LogP contribution in [0.2, 0.25) is 0 Å². The number of alkyl halides is 6. The summed E-state index contributed by atoms with van der Waals surface area (Å²) in [5, 5.41) is 4.15. The number of hydrogen-bond donors (Lipinski definition) is 2. The van der Waals surface area contributed by atoms with Gasteiger partial charge in [0.15, 0.2) is 6.61 Å². The summed E-state index contributed by atoms with van der Waals surface area (Å²) in [6.45, 7) is 0.426. The van der Waals surface area contributed by atoms with Gasteiger partial charge in [0.2, 0.25) is 6.04 Å². The number of hydrogen-bond acceptors (Lipinski definition) is 7. The van der Waals surface area contributed by atoms with E-state index in [-0.39, 0.29) is 17.3 Å². The van der Waals surface area contributed by atoms with E-state index >= 15 is 0 Å². The molecule has 3 aromatic rings. The quantitative estimate of drug-likeness (QED) is 0.382. The number of nitrogens with one attached hydrogen (secondary N) is 2. The normalized spacial score (nSPS) is 12.5. The van der Waals surface area contributed by atoms with E-state index < -0.39 is 46.5 Å². The van der Waals surface area contributed by atoms with Crippen molar-refractivity contribution in [2.45, 2.75) is 25.3 Å². The fraction of sp³-hybridized carbons (Fsp3) is 0.318. The fourth-order valence-corrected chi connectivity index (χ4v) is 3.93. The number of nitrogens with zero attached hydrogens (tertiary/aromatic N) is 3. The molecule has 1 aromatic heterocycles. The Bertz CT molecular complexity index is 1460. The maximum Gasteiger partial charge on any atom is 0.417 e. The summed E-state index contributed by atoms with van der Waals surface area (Å²) in [4.78, 5) is 20.1. The lowest BCUT2D eigenvalue weighted by atomic mass is 10.1. The number of aromatic nitrogens is 2. The van der Waals surface area contributed by atoms with Crippen molar-refractivity contribution in [2.75, 3.05) is 24.4 Å². The van der Waals surface area contributed by atoms with E-state index in [2.05, 4.69) is 19.6 Å². The zero-order chi connectivity index (χ0) is 28.5. The van der Waals surface area contributed by atoms with Crippen LogP contribution >= 0.6 is 0 Å². The van der Waals surface area contributed by atoms with Gasteiger partial charge < -0.3 is 15.4 Å². The number of fused-ring (bicyclic) bond motifs is 1. The van der Waals surface area contributed by atoms with Crippen LogP contribution in [0, 0.1) is 12.7 Å². The zero-order valence-corrected chi connectivity index (χ0v) is 20.7. The minimum atomic E-state index is -5.79. The molecule has 2 N–H and O–H groups in total. The van der Waals surface area contributed by atoms with Crippen molar-refractivity contribution in [2.24, 2.45) is 4.36 Å². The molecule has 0 radical (unpaired) electrons. The second-order valence-electron chi connectivity index (χ2n) is 8.29. The first-order valence-electron chi connectivity index (χ1n) is 10.5. The highest BCUT2D eigenvalue weighted by Crippen LogP contribution is 2.35. The fourth-order valence-electron chi connectivity index (χ4n) is 3.32. The number of amides is 1. The van der Waals surface area contributed by atoms with Crippen LogP contribution in [0.5, 0.6) is 5.75 Å². The molecule has 0 unspecified atom stereocenters. The SMILES string of the molecule is Cc1cc(N=S(C)(C)=O)cc2ncnc(Nc3ccc(F)cc3OCC(=O)NC(C(F)(F)F)C(F)(F)F)c12. The van der Waals surface area contributed by atoms with Gasteiger partial charge in [-0.2, -0.15) is 30.7 Å². The molecule has 8 nitrogen and oxygen atoms in total. The molecule has 0 spiro atoms. The Hall–Kier alpha value is -3.69. The van der Waals surface area contributed by atoms with E-state index in [9.17, 15) is 39.7 Å². The average molecular weight is 567 g/mol. The molecule has 0 bridgehead atoms. The predicted molar refractivity (Wildman–Crippen MR) is 126 cm³/mol. The molecule has 16 heteroatoms. The van der Waals surface area contributed by atoms with E-state index in [1.807, 2.05) is 0 Å². The Morgan fingerprint density at radius 3 is 2.34 bits per heavy atom.